The minimum atomic E-state index is 1.10. The topological polar surface area (TPSA) is 8.82 Å². The van der Waals surface area contributed by atoms with Crippen LogP contribution < -0.4 is 0 Å². The van der Waals surface area contributed by atoms with Crippen molar-refractivity contribution in [3.63, 3.8) is 0 Å². The molecule has 3 heterocycles. The predicted octanol–water partition coefficient (Wildman–Crippen LogP) is 10.3. The zero-order chi connectivity index (χ0) is 26.5. The third-order valence-electron chi connectivity index (χ3n) is 9.12. The first-order valence-electron chi connectivity index (χ1n) is 14.3. The normalized spacial score (nSPS) is 14.3. The Kier molecular flexibility index (Phi) is 4.33. The quantitative estimate of drug-likeness (QED) is 0.204. The molecule has 0 saturated heterocycles. The summed E-state index contributed by atoms with van der Waals surface area (Å²) in [6.45, 7) is 4.48. The third-order valence-corrected chi connectivity index (χ3v) is 9.12. The van der Waals surface area contributed by atoms with Gasteiger partial charge in [-0.15, -0.1) is 0 Å². The summed E-state index contributed by atoms with van der Waals surface area (Å²) in [5.74, 6) is 0. The van der Waals surface area contributed by atoms with E-state index in [1.54, 1.807) is 0 Å². The maximum Gasteiger partial charge on any atom is 0.0789 e. The fourth-order valence-electron chi connectivity index (χ4n) is 7.40. The Hall–Kier alpha value is -4.82. The number of fused-ring (bicyclic) bond motifs is 8. The molecule has 190 valence electrons. The number of allylic oxidation sites excluding steroid dienone is 4. The van der Waals surface area contributed by atoms with Crippen molar-refractivity contribution in [1.29, 1.82) is 0 Å². The van der Waals surface area contributed by atoms with Crippen molar-refractivity contribution >= 4 is 60.2 Å². The largest absolute Gasteiger partial charge is 0.305 e. The van der Waals surface area contributed by atoms with Gasteiger partial charge in [0.2, 0.25) is 0 Å². The minimum Gasteiger partial charge on any atom is -0.305 e. The summed E-state index contributed by atoms with van der Waals surface area (Å²) < 4.78 is 5.06. The van der Waals surface area contributed by atoms with E-state index in [2.05, 4.69) is 132 Å². The molecule has 1 aliphatic rings. The molecule has 0 radical (unpaired) electrons. The molecule has 0 fully saturated rings. The molecule has 3 aromatic heterocycles. The molecular weight excluding hydrogens is 484 g/mol. The molecule has 8 aromatic rings. The van der Waals surface area contributed by atoms with Crippen molar-refractivity contribution < 1.29 is 0 Å². The van der Waals surface area contributed by atoms with Gasteiger partial charge in [-0.3, -0.25) is 0 Å². The lowest BCUT2D eigenvalue weighted by molar-refractivity contribution is 0.966. The van der Waals surface area contributed by atoms with Crippen LogP contribution in [0, 0.1) is 6.92 Å². The number of para-hydroxylation sites is 2. The lowest BCUT2D eigenvalue weighted by Gasteiger charge is -2.16. The molecule has 2 heteroatoms. The number of benzene rings is 5. The van der Waals surface area contributed by atoms with Crippen LogP contribution in [0.2, 0.25) is 0 Å². The van der Waals surface area contributed by atoms with Crippen molar-refractivity contribution in [2.75, 3.05) is 0 Å². The summed E-state index contributed by atoms with van der Waals surface area (Å²) in [6.07, 6.45) is 7.07. The second-order valence-electron chi connectivity index (χ2n) is 11.4. The molecule has 0 amide bonds. The van der Waals surface area contributed by atoms with Gasteiger partial charge in [-0.25, -0.2) is 0 Å². The second-order valence-corrected chi connectivity index (χ2v) is 11.4. The predicted molar refractivity (Wildman–Crippen MR) is 171 cm³/mol. The molecule has 0 N–H and O–H groups in total. The molecule has 0 bridgehead atoms. The second kappa shape index (κ2) is 7.86. The summed E-state index contributed by atoms with van der Waals surface area (Å²) in [4.78, 5) is 0. The lowest BCUT2D eigenvalue weighted by Crippen LogP contribution is -1.99. The fourth-order valence-corrected chi connectivity index (χ4v) is 7.40. The van der Waals surface area contributed by atoms with Crippen molar-refractivity contribution in [3.8, 4) is 11.1 Å². The van der Waals surface area contributed by atoms with E-state index in [-0.39, 0.29) is 0 Å². The van der Waals surface area contributed by atoms with Crippen LogP contribution >= 0.6 is 0 Å². The van der Waals surface area contributed by atoms with Gasteiger partial charge in [0.25, 0.3) is 0 Å². The Morgan fingerprint density at radius 2 is 1.10 bits per heavy atom. The molecule has 0 atom stereocenters. The van der Waals surface area contributed by atoms with Crippen molar-refractivity contribution in [3.05, 3.63) is 126 Å². The Balaban J connectivity index is 1.56. The van der Waals surface area contributed by atoms with E-state index in [1.165, 1.54) is 88.0 Å². The molecule has 40 heavy (non-hydrogen) atoms. The molecule has 5 aromatic carbocycles. The Bertz CT molecular complexity index is 2390. The van der Waals surface area contributed by atoms with E-state index < -0.39 is 0 Å². The van der Waals surface area contributed by atoms with Crippen LogP contribution in [0.1, 0.15) is 30.9 Å². The van der Waals surface area contributed by atoms with Crippen molar-refractivity contribution in [1.82, 2.24) is 8.80 Å². The number of hydrogen-bond donors (Lipinski definition) is 0. The van der Waals surface area contributed by atoms with Crippen molar-refractivity contribution in [2.45, 2.75) is 26.7 Å². The number of hydrogen-bond acceptors (Lipinski definition) is 0. The van der Waals surface area contributed by atoms with Crippen molar-refractivity contribution in [2.24, 2.45) is 0 Å². The molecule has 2 nitrogen and oxygen atoms in total. The van der Waals surface area contributed by atoms with E-state index >= 15 is 0 Å². The zero-order valence-corrected chi connectivity index (χ0v) is 22.7. The smallest absolute Gasteiger partial charge is 0.0789 e. The number of rotatable bonds is 2. The molecule has 0 spiro atoms. The minimum absolute atomic E-state index is 1.10. The first-order valence-corrected chi connectivity index (χ1v) is 14.3. The first-order chi connectivity index (χ1) is 19.7. The highest BCUT2D eigenvalue weighted by molar-refractivity contribution is 6.26. The monoisotopic (exact) mass is 512 g/mol. The van der Waals surface area contributed by atoms with Crippen LogP contribution in [-0.2, 0) is 0 Å². The van der Waals surface area contributed by atoms with E-state index in [0.29, 0.717) is 0 Å². The Labute approximate surface area is 232 Å². The van der Waals surface area contributed by atoms with E-state index in [1.807, 2.05) is 0 Å². The van der Waals surface area contributed by atoms with Gasteiger partial charge in [0.1, 0.15) is 0 Å². The fraction of sp³-hybridized carbons (Fsp3) is 0.105. The lowest BCUT2D eigenvalue weighted by atomic mass is 9.92. The standard InChI is InChI=1S/C38H28N2/c1-23-10-9-12-25(22-23)27-18-20-33-37-35(27)29-14-5-7-16-31(29)39(37)34-21-19-28(26-13-4-3-11-24(26)2)36-30-15-6-8-17-32(30)40(33)38(34)36/h3-8,11-22H,9-10H2,1-2H3. The van der Waals surface area contributed by atoms with Gasteiger partial charge < -0.3 is 8.80 Å². The van der Waals surface area contributed by atoms with Gasteiger partial charge in [-0.05, 0) is 78.8 Å². The maximum absolute atomic E-state index is 2.53. The first kappa shape index (κ1) is 22.0. The molecule has 0 unspecified atom stereocenters. The van der Waals surface area contributed by atoms with Gasteiger partial charge in [-0.2, -0.15) is 0 Å². The summed E-state index contributed by atoms with van der Waals surface area (Å²) in [5, 5.41) is 5.30. The molecule has 1 aliphatic carbocycles. The van der Waals surface area contributed by atoms with Gasteiger partial charge in [0, 0.05) is 21.5 Å². The van der Waals surface area contributed by atoms with Gasteiger partial charge in [-0.1, -0.05) is 90.5 Å². The summed E-state index contributed by atoms with van der Waals surface area (Å²) in [7, 11) is 0. The molecule has 9 rings (SSSR count). The van der Waals surface area contributed by atoms with Crippen LogP contribution in [0.4, 0.5) is 0 Å². The van der Waals surface area contributed by atoms with Crippen LogP contribution in [0.25, 0.3) is 71.3 Å². The molecule has 0 saturated carbocycles. The third kappa shape index (κ3) is 2.73. The average Bonchev–Trinajstić information content (AvgIpc) is 3.52. The van der Waals surface area contributed by atoms with Crippen LogP contribution in [0.3, 0.4) is 0 Å². The number of aromatic nitrogens is 2. The summed E-state index contributed by atoms with van der Waals surface area (Å²) >= 11 is 0. The molecular formula is C38H28N2. The van der Waals surface area contributed by atoms with Gasteiger partial charge in [0.15, 0.2) is 0 Å². The maximum atomic E-state index is 2.53. The highest BCUT2D eigenvalue weighted by Gasteiger charge is 2.24. The Morgan fingerprint density at radius 1 is 0.525 bits per heavy atom. The van der Waals surface area contributed by atoms with E-state index in [0.717, 1.165) is 12.8 Å². The number of aryl methyl sites for hydroxylation is 1. The summed E-state index contributed by atoms with van der Waals surface area (Å²) in [5.41, 5.74) is 15.7. The highest BCUT2D eigenvalue weighted by atomic mass is 15.0. The highest BCUT2D eigenvalue weighted by Crippen LogP contribution is 2.46. The Morgan fingerprint density at radius 3 is 1.75 bits per heavy atom. The zero-order valence-electron chi connectivity index (χ0n) is 22.7. The van der Waals surface area contributed by atoms with Gasteiger partial charge >= 0.3 is 0 Å². The van der Waals surface area contributed by atoms with Crippen LogP contribution in [0.15, 0.2) is 115 Å². The van der Waals surface area contributed by atoms with Gasteiger partial charge in [0.05, 0.1) is 33.1 Å². The number of nitrogens with zero attached hydrogens (tertiary/aromatic N) is 2. The van der Waals surface area contributed by atoms with E-state index in [4.69, 9.17) is 0 Å². The van der Waals surface area contributed by atoms with Crippen LogP contribution in [-0.4, -0.2) is 8.80 Å². The van der Waals surface area contributed by atoms with Crippen LogP contribution in [0.5, 0.6) is 0 Å². The SMILES string of the molecule is CC1=CC(c2ccc3c4c2c2ccccc2n4c2ccc(-c4ccccc4C)c4c5ccccc5n3c42)=CCC1. The average molecular weight is 513 g/mol. The van der Waals surface area contributed by atoms with E-state index in [9.17, 15) is 0 Å². The summed E-state index contributed by atoms with van der Waals surface area (Å²) in [6, 6.07) is 36.1. The molecule has 0 aliphatic heterocycles.